The van der Waals surface area contributed by atoms with Crippen molar-refractivity contribution in [2.45, 2.75) is 64.8 Å². The molecule has 1 aromatic rings. The van der Waals surface area contributed by atoms with Crippen LogP contribution < -0.4 is 10.6 Å². The third-order valence-corrected chi connectivity index (χ3v) is 5.27. The molecule has 0 amide bonds. The van der Waals surface area contributed by atoms with Gasteiger partial charge in [0.25, 0.3) is 0 Å². The summed E-state index contributed by atoms with van der Waals surface area (Å²) in [5.41, 5.74) is 0. The number of aromatic nitrogens is 1. The van der Waals surface area contributed by atoms with Gasteiger partial charge in [0.05, 0.1) is 0 Å². The quantitative estimate of drug-likeness (QED) is 0.779. The summed E-state index contributed by atoms with van der Waals surface area (Å²) in [6, 6.07) is 3.09. The maximum Gasteiger partial charge on any atom is 0.0439 e. The zero-order valence-corrected chi connectivity index (χ0v) is 12.4. The molecule has 1 aromatic heterocycles. The Kier molecular flexibility index (Phi) is 3.81. The number of hydrogen-bond acceptors (Lipinski definition) is 0. The first kappa shape index (κ1) is 13.0. The fraction of sp³-hybridized carbons (Fsp3) is 0.667. The van der Waals surface area contributed by atoms with Crippen LogP contribution in [0.15, 0.2) is 12.3 Å². The van der Waals surface area contributed by atoms with Crippen LogP contribution in [0, 0.1) is 11.8 Å². The fourth-order valence-electron chi connectivity index (χ4n) is 3.91. The summed E-state index contributed by atoms with van der Waals surface area (Å²) in [7, 11) is 0. The molecule has 0 radical (unpaired) electrons. The van der Waals surface area contributed by atoms with Crippen LogP contribution in [0.2, 0.25) is 0 Å². The zero-order valence-electron chi connectivity index (χ0n) is 12.4. The van der Waals surface area contributed by atoms with Crippen molar-refractivity contribution < 1.29 is 0 Å². The second kappa shape index (κ2) is 5.56. The van der Waals surface area contributed by atoms with Gasteiger partial charge in [0.15, 0.2) is 0 Å². The highest BCUT2D eigenvalue weighted by molar-refractivity contribution is 5.39. The molecule has 3 atom stereocenters. The predicted molar refractivity (Wildman–Crippen MR) is 82.3 cm³/mol. The predicted octanol–water partition coefficient (Wildman–Crippen LogP) is 3.62. The number of rotatable bonds is 3. The number of hydrogen-bond donors (Lipinski definition) is 0. The molecule has 2 aliphatic carbocycles. The summed E-state index contributed by atoms with van der Waals surface area (Å²) in [6.07, 6.45) is 16.8. The third kappa shape index (κ3) is 2.52. The lowest BCUT2D eigenvalue weighted by Crippen LogP contribution is -2.35. The van der Waals surface area contributed by atoms with E-state index in [2.05, 4.69) is 42.8 Å². The van der Waals surface area contributed by atoms with Crippen LogP contribution >= 0.6 is 0 Å². The van der Waals surface area contributed by atoms with E-state index < -0.39 is 0 Å². The van der Waals surface area contributed by atoms with Gasteiger partial charge in [-0.05, 0) is 48.8 Å². The Hall–Kier alpha value is -0.980. The van der Waals surface area contributed by atoms with Crippen LogP contribution in [0.3, 0.4) is 0 Å². The van der Waals surface area contributed by atoms with Crippen molar-refractivity contribution in [3.63, 3.8) is 0 Å². The molecule has 1 heterocycles. The van der Waals surface area contributed by atoms with Crippen molar-refractivity contribution in [1.82, 2.24) is 4.57 Å². The van der Waals surface area contributed by atoms with Crippen LogP contribution in [0.25, 0.3) is 12.2 Å². The van der Waals surface area contributed by atoms with Gasteiger partial charge >= 0.3 is 0 Å². The Morgan fingerprint density at radius 3 is 2.89 bits per heavy atom. The van der Waals surface area contributed by atoms with Gasteiger partial charge in [0.1, 0.15) is 0 Å². The molecule has 0 N–H and O–H groups in total. The first-order valence-electron chi connectivity index (χ1n) is 8.20. The van der Waals surface area contributed by atoms with E-state index in [1.54, 1.807) is 0 Å². The van der Waals surface area contributed by atoms with Gasteiger partial charge in [0.2, 0.25) is 0 Å². The molecule has 3 rings (SSSR count). The van der Waals surface area contributed by atoms with E-state index in [1.807, 2.05) is 0 Å². The summed E-state index contributed by atoms with van der Waals surface area (Å²) in [4.78, 5) is 0. The van der Waals surface area contributed by atoms with E-state index >= 15 is 0 Å². The highest BCUT2D eigenvalue weighted by Gasteiger charge is 2.22. The summed E-state index contributed by atoms with van der Waals surface area (Å²) in [5, 5.41) is 2.99. The van der Waals surface area contributed by atoms with E-state index in [9.17, 15) is 0 Å². The standard InChI is InChI=1S/C18H27N/c1-3-14-6-5-7-17(13-14)19-11-10-16-12-15(4-2)8-9-18(16)19/h9-12,14-15,17H,3-8,13H2,1-2H3. The number of fused-ring (bicyclic) bond motifs is 1. The van der Waals surface area contributed by atoms with Gasteiger partial charge in [-0.1, -0.05) is 45.3 Å². The summed E-state index contributed by atoms with van der Waals surface area (Å²) >= 11 is 0. The monoisotopic (exact) mass is 257 g/mol. The molecule has 0 aromatic carbocycles. The molecule has 2 aliphatic rings. The first-order valence-corrected chi connectivity index (χ1v) is 8.20. The smallest absolute Gasteiger partial charge is 0.0439 e. The average molecular weight is 257 g/mol. The van der Waals surface area contributed by atoms with E-state index in [1.165, 1.54) is 55.5 Å². The Balaban J connectivity index is 1.89. The van der Waals surface area contributed by atoms with Crippen molar-refractivity contribution in [2.24, 2.45) is 11.8 Å². The molecule has 0 bridgehead atoms. The Morgan fingerprint density at radius 1 is 1.21 bits per heavy atom. The maximum absolute atomic E-state index is 2.58. The molecule has 3 unspecified atom stereocenters. The maximum atomic E-state index is 2.58. The Labute approximate surface area is 117 Å². The van der Waals surface area contributed by atoms with Gasteiger partial charge in [-0.25, -0.2) is 0 Å². The minimum Gasteiger partial charge on any atom is -0.345 e. The molecular formula is C18H27N. The lowest BCUT2D eigenvalue weighted by molar-refractivity contribution is 0.258. The van der Waals surface area contributed by atoms with E-state index in [4.69, 9.17) is 0 Å². The lowest BCUT2D eigenvalue weighted by Gasteiger charge is -2.30. The Bertz CT molecular complexity index is 537. The molecule has 104 valence electrons. The third-order valence-electron chi connectivity index (χ3n) is 5.27. The lowest BCUT2D eigenvalue weighted by atomic mass is 9.84. The fourth-order valence-corrected chi connectivity index (χ4v) is 3.91. The van der Waals surface area contributed by atoms with Crippen molar-refractivity contribution in [2.75, 3.05) is 0 Å². The van der Waals surface area contributed by atoms with Crippen molar-refractivity contribution >= 4 is 12.2 Å². The van der Waals surface area contributed by atoms with Gasteiger partial charge in [-0.2, -0.15) is 0 Å². The van der Waals surface area contributed by atoms with Crippen LogP contribution in [0.4, 0.5) is 0 Å². The zero-order chi connectivity index (χ0) is 13.2. The molecule has 1 heteroatoms. The molecule has 19 heavy (non-hydrogen) atoms. The van der Waals surface area contributed by atoms with Gasteiger partial charge in [0, 0.05) is 17.6 Å². The summed E-state index contributed by atoms with van der Waals surface area (Å²) < 4.78 is 2.58. The van der Waals surface area contributed by atoms with Gasteiger partial charge < -0.3 is 4.57 Å². The summed E-state index contributed by atoms with van der Waals surface area (Å²) in [6.45, 7) is 4.65. The highest BCUT2D eigenvalue weighted by atomic mass is 15.0. The van der Waals surface area contributed by atoms with Gasteiger partial charge in [-0.3, -0.25) is 0 Å². The molecule has 0 saturated heterocycles. The van der Waals surface area contributed by atoms with Crippen molar-refractivity contribution in [1.29, 1.82) is 0 Å². The largest absolute Gasteiger partial charge is 0.345 e. The van der Waals surface area contributed by atoms with E-state index in [0.29, 0.717) is 0 Å². The van der Waals surface area contributed by atoms with Crippen molar-refractivity contribution in [3.05, 3.63) is 22.8 Å². The topological polar surface area (TPSA) is 4.93 Å². The SMILES string of the molecule is CCC1C=c2ccn(C3CCCC(CC)C3)c2=CC1. The minimum absolute atomic E-state index is 0.755. The number of nitrogens with zero attached hydrogens (tertiary/aromatic N) is 1. The van der Waals surface area contributed by atoms with Crippen LogP contribution in [-0.4, -0.2) is 4.57 Å². The molecular weight excluding hydrogens is 230 g/mol. The van der Waals surface area contributed by atoms with Crippen molar-refractivity contribution in [3.8, 4) is 0 Å². The highest BCUT2D eigenvalue weighted by Crippen LogP contribution is 2.33. The Morgan fingerprint density at radius 2 is 2.11 bits per heavy atom. The second-order valence-electron chi connectivity index (χ2n) is 6.43. The first-order chi connectivity index (χ1) is 9.31. The average Bonchev–Trinajstić information content (AvgIpc) is 2.90. The summed E-state index contributed by atoms with van der Waals surface area (Å²) in [5.74, 6) is 1.71. The van der Waals surface area contributed by atoms with Gasteiger partial charge in [-0.15, -0.1) is 0 Å². The molecule has 1 nitrogen and oxygen atoms in total. The molecule has 0 spiro atoms. The van der Waals surface area contributed by atoms with Crippen LogP contribution in [0.1, 0.15) is 64.8 Å². The minimum atomic E-state index is 0.755. The van der Waals surface area contributed by atoms with Crippen LogP contribution in [0.5, 0.6) is 0 Å². The molecule has 0 aliphatic heterocycles. The second-order valence-corrected chi connectivity index (χ2v) is 6.43. The van der Waals surface area contributed by atoms with E-state index in [-0.39, 0.29) is 0 Å². The molecule has 1 saturated carbocycles. The van der Waals surface area contributed by atoms with E-state index in [0.717, 1.165) is 17.9 Å². The normalized spacial score (nSPS) is 30.3. The molecule has 1 fully saturated rings. The van der Waals surface area contributed by atoms with Crippen LogP contribution in [-0.2, 0) is 0 Å².